The van der Waals surface area contributed by atoms with Crippen molar-refractivity contribution in [3.8, 4) is 0 Å². The minimum Gasteiger partial charge on any atom is -0.480 e. The lowest BCUT2D eigenvalue weighted by Crippen LogP contribution is -2.38. The van der Waals surface area contributed by atoms with Crippen molar-refractivity contribution in [2.45, 2.75) is 51.3 Å². The molecule has 0 bridgehead atoms. The summed E-state index contributed by atoms with van der Waals surface area (Å²) in [6.45, 7) is 9.15. The first-order chi connectivity index (χ1) is 9.45. The summed E-state index contributed by atoms with van der Waals surface area (Å²) in [5.41, 5.74) is 1.98. The van der Waals surface area contributed by atoms with Crippen molar-refractivity contribution in [2.24, 2.45) is 0 Å². The summed E-state index contributed by atoms with van der Waals surface area (Å²) < 4.78 is 26.2. The predicted octanol–water partition coefficient (Wildman–Crippen LogP) is 2.44. The van der Waals surface area contributed by atoms with Crippen LogP contribution in [0.5, 0.6) is 0 Å². The zero-order valence-electron chi connectivity index (χ0n) is 13.0. The normalized spacial score (nSPS) is 15.5. The van der Waals surface area contributed by atoms with E-state index in [1.807, 2.05) is 24.3 Å². The van der Waals surface area contributed by atoms with Crippen LogP contribution in [0.4, 0.5) is 0 Å². The van der Waals surface area contributed by atoms with Gasteiger partial charge >= 0.3 is 5.97 Å². The number of aliphatic carboxylic acids is 1. The molecule has 0 saturated carbocycles. The molecule has 0 fully saturated rings. The van der Waals surface area contributed by atoms with E-state index in [-0.39, 0.29) is 5.41 Å². The Morgan fingerprint density at radius 3 is 2.00 bits per heavy atom. The lowest BCUT2D eigenvalue weighted by molar-refractivity contribution is -0.136. The Bertz CT molecular complexity index is 600. The summed E-state index contributed by atoms with van der Waals surface area (Å²) in [7, 11) is -3.89. The average Bonchev–Trinajstić information content (AvgIpc) is 2.36. The van der Waals surface area contributed by atoms with Gasteiger partial charge in [-0.25, -0.2) is 13.1 Å². The lowest BCUT2D eigenvalue weighted by Gasteiger charge is -2.21. The fourth-order valence-corrected chi connectivity index (χ4v) is 2.92. The number of sulfonamides is 1. The molecule has 0 aliphatic rings. The van der Waals surface area contributed by atoms with E-state index < -0.39 is 27.3 Å². The van der Waals surface area contributed by atoms with Gasteiger partial charge in [-0.3, -0.25) is 4.79 Å². The largest absolute Gasteiger partial charge is 0.480 e. The van der Waals surface area contributed by atoms with E-state index in [4.69, 9.17) is 5.11 Å². The average molecular weight is 313 g/mol. The van der Waals surface area contributed by atoms with Crippen molar-refractivity contribution in [2.75, 3.05) is 0 Å². The molecule has 0 saturated heterocycles. The SMILES string of the molecule is CC(NS(=O)(=O)C(C)C(=O)O)c1ccc(C(C)(C)C)cc1. The van der Waals surface area contributed by atoms with Crippen LogP contribution in [0, 0.1) is 0 Å². The first kappa shape index (κ1) is 17.7. The Morgan fingerprint density at radius 1 is 1.14 bits per heavy atom. The molecule has 1 rings (SSSR count). The van der Waals surface area contributed by atoms with Crippen LogP contribution in [0.2, 0.25) is 0 Å². The molecule has 1 aromatic rings. The molecule has 0 radical (unpaired) electrons. The number of carboxylic acids is 1. The molecule has 0 aliphatic heterocycles. The van der Waals surface area contributed by atoms with Gasteiger partial charge in [-0.2, -0.15) is 0 Å². The van der Waals surface area contributed by atoms with E-state index in [0.29, 0.717) is 0 Å². The highest BCUT2D eigenvalue weighted by Gasteiger charge is 2.29. The van der Waals surface area contributed by atoms with Gasteiger partial charge in [-0.1, -0.05) is 45.0 Å². The van der Waals surface area contributed by atoms with Crippen LogP contribution >= 0.6 is 0 Å². The number of nitrogens with one attached hydrogen (secondary N) is 1. The number of hydrogen-bond donors (Lipinski definition) is 2. The Hall–Kier alpha value is -1.40. The molecule has 0 spiro atoms. The van der Waals surface area contributed by atoms with Crippen molar-refractivity contribution >= 4 is 16.0 Å². The molecule has 5 nitrogen and oxygen atoms in total. The Balaban J connectivity index is 2.90. The van der Waals surface area contributed by atoms with E-state index >= 15 is 0 Å². The summed E-state index contributed by atoms with van der Waals surface area (Å²) in [6.07, 6.45) is 0. The van der Waals surface area contributed by atoms with Crippen molar-refractivity contribution in [3.05, 3.63) is 35.4 Å². The molecule has 0 aromatic heterocycles. The highest BCUT2D eigenvalue weighted by Crippen LogP contribution is 2.24. The van der Waals surface area contributed by atoms with E-state index in [1.54, 1.807) is 6.92 Å². The second-order valence-corrected chi connectivity index (χ2v) is 8.27. The Kier molecular flexibility index (Phi) is 5.17. The highest BCUT2D eigenvalue weighted by molar-refractivity contribution is 7.90. The second-order valence-electron chi connectivity index (χ2n) is 6.24. The zero-order chi connectivity index (χ0) is 16.4. The summed E-state index contributed by atoms with van der Waals surface area (Å²) in [6, 6.07) is 7.16. The van der Waals surface area contributed by atoms with Gasteiger partial charge in [-0.05, 0) is 30.4 Å². The minimum absolute atomic E-state index is 0.0269. The third-order valence-electron chi connectivity index (χ3n) is 3.43. The highest BCUT2D eigenvalue weighted by atomic mass is 32.2. The smallest absolute Gasteiger partial charge is 0.323 e. The maximum Gasteiger partial charge on any atom is 0.323 e. The van der Waals surface area contributed by atoms with Crippen LogP contribution in [0.1, 0.15) is 51.8 Å². The number of hydrogen-bond acceptors (Lipinski definition) is 3. The van der Waals surface area contributed by atoms with Crippen LogP contribution in [0.3, 0.4) is 0 Å². The second kappa shape index (κ2) is 6.15. The van der Waals surface area contributed by atoms with E-state index in [0.717, 1.165) is 18.1 Å². The first-order valence-electron chi connectivity index (χ1n) is 6.79. The number of carbonyl (C=O) groups is 1. The molecule has 2 N–H and O–H groups in total. The molecule has 0 amide bonds. The van der Waals surface area contributed by atoms with Crippen molar-refractivity contribution in [3.63, 3.8) is 0 Å². The van der Waals surface area contributed by atoms with Crippen molar-refractivity contribution < 1.29 is 18.3 Å². The quantitative estimate of drug-likeness (QED) is 0.874. The van der Waals surface area contributed by atoms with E-state index in [2.05, 4.69) is 25.5 Å². The third kappa shape index (κ3) is 4.54. The third-order valence-corrected chi connectivity index (χ3v) is 5.25. The molecule has 118 valence electrons. The Morgan fingerprint density at radius 2 is 1.62 bits per heavy atom. The van der Waals surface area contributed by atoms with Gasteiger partial charge in [-0.15, -0.1) is 0 Å². The maximum absolute atomic E-state index is 11.9. The van der Waals surface area contributed by atoms with Gasteiger partial charge in [0.1, 0.15) is 0 Å². The molecular formula is C15H23NO4S. The van der Waals surface area contributed by atoms with E-state index in [9.17, 15) is 13.2 Å². The molecule has 0 heterocycles. The molecule has 6 heteroatoms. The number of carboxylic acid groups (broad SMARTS) is 1. The first-order valence-corrected chi connectivity index (χ1v) is 8.34. The Labute approximate surface area is 126 Å². The number of benzene rings is 1. The van der Waals surface area contributed by atoms with Gasteiger partial charge in [0.15, 0.2) is 5.25 Å². The molecule has 2 unspecified atom stereocenters. The van der Waals surface area contributed by atoms with Crippen LogP contribution in [0.15, 0.2) is 24.3 Å². The fraction of sp³-hybridized carbons (Fsp3) is 0.533. The summed E-state index contributed by atoms with van der Waals surface area (Å²) in [5.74, 6) is -1.36. The predicted molar refractivity (Wildman–Crippen MR) is 82.7 cm³/mol. The summed E-state index contributed by atoms with van der Waals surface area (Å²) in [5, 5.41) is 7.33. The minimum atomic E-state index is -3.89. The van der Waals surface area contributed by atoms with E-state index in [1.165, 1.54) is 0 Å². The van der Waals surface area contributed by atoms with Crippen LogP contribution < -0.4 is 4.72 Å². The molecule has 2 atom stereocenters. The molecule has 0 aliphatic carbocycles. The van der Waals surface area contributed by atoms with Gasteiger partial charge in [0.2, 0.25) is 10.0 Å². The van der Waals surface area contributed by atoms with Gasteiger partial charge < -0.3 is 5.11 Å². The molecular weight excluding hydrogens is 290 g/mol. The maximum atomic E-state index is 11.9. The molecule has 1 aromatic carbocycles. The summed E-state index contributed by atoms with van der Waals surface area (Å²) in [4.78, 5) is 10.8. The topological polar surface area (TPSA) is 83.5 Å². The van der Waals surface area contributed by atoms with Crippen molar-refractivity contribution in [1.82, 2.24) is 4.72 Å². The zero-order valence-corrected chi connectivity index (χ0v) is 13.9. The van der Waals surface area contributed by atoms with Crippen molar-refractivity contribution in [1.29, 1.82) is 0 Å². The monoisotopic (exact) mass is 313 g/mol. The van der Waals surface area contributed by atoms with Gasteiger partial charge in [0, 0.05) is 6.04 Å². The summed E-state index contributed by atoms with van der Waals surface area (Å²) >= 11 is 0. The number of rotatable bonds is 5. The fourth-order valence-electron chi connectivity index (χ4n) is 1.82. The van der Waals surface area contributed by atoms with Crippen LogP contribution in [-0.4, -0.2) is 24.7 Å². The van der Waals surface area contributed by atoms with Gasteiger partial charge in [0.25, 0.3) is 0 Å². The van der Waals surface area contributed by atoms with Crippen LogP contribution in [0.25, 0.3) is 0 Å². The van der Waals surface area contributed by atoms with Gasteiger partial charge in [0.05, 0.1) is 0 Å². The molecule has 21 heavy (non-hydrogen) atoms. The standard InChI is InChI=1S/C15H23NO4S/c1-10(16-21(19,20)11(2)14(17)18)12-6-8-13(9-7-12)15(3,4)5/h6-11,16H,1-5H3,(H,17,18). The lowest BCUT2D eigenvalue weighted by atomic mass is 9.86. The van der Waals surface area contributed by atoms with Crippen LogP contribution in [-0.2, 0) is 20.2 Å².